The van der Waals surface area contributed by atoms with Gasteiger partial charge in [0.25, 0.3) is 0 Å². The predicted octanol–water partition coefficient (Wildman–Crippen LogP) is 4.63. The van der Waals surface area contributed by atoms with Gasteiger partial charge in [-0.25, -0.2) is 0 Å². The Bertz CT molecular complexity index is 935. The van der Waals surface area contributed by atoms with Gasteiger partial charge in [-0.2, -0.15) is 0 Å². The number of Topliss-reactive ketones (excluding diaryl/α,β-unsaturated/α-hetero) is 1. The summed E-state index contributed by atoms with van der Waals surface area (Å²) in [5.41, 5.74) is 4.91. The Morgan fingerprint density at radius 3 is 2.76 bits per heavy atom. The molecule has 25 heavy (non-hydrogen) atoms. The number of rotatable bonds is 1. The van der Waals surface area contributed by atoms with E-state index in [9.17, 15) is 4.79 Å². The minimum atomic E-state index is -0.132. The Morgan fingerprint density at radius 2 is 1.92 bits per heavy atom. The lowest BCUT2D eigenvalue weighted by atomic mass is 9.75. The number of carbonyl (C=O) groups excluding carboxylic acids is 1. The lowest BCUT2D eigenvalue weighted by Gasteiger charge is -2.34. The van der Waals surface area contributed by atoms with Gasteiger partial charge in [0.2, 0.25) is 6.79 Å². The highest BCUT2D eigenvalue weighted by Gasteiger charge is 2.36. The van der Waals surface area contributed by atoms with E-state index >= 15 is 0 Å². The van der Waals surface area contributed by atoms with Crippen molar-refractivity contribution in [3.05, 3.63) is 63.8 Å². The zero-order valence-electron chi connectivity index (χ0n) is 13.5. The maximum absolute atomic E-state index is 12.8. The van der Waals surface area contributed by atoms with Crippen LogP contribution in [0.4, 0.5) is 5.69 Å². The number of anilines is 1. The summed E-state index contributed by atoms with van der Waals surface area (Å²) >= 11 is 6.24. The largest absolute Gasteiger partial charge is 0.454 e. The van der Waals surface area contributed by atoms with Gasteiger partial charge in [0.1, 0.15) is 0 Å². The predicted molar refractivity (Wildman–Crippen MR) is 95.4 cm³/mol. The van der Waals surface area contributed by atoms with Gasteiger partial charge in [-0.15, -0.1) is 0 Å². The molecule has 3 aliphatic rings. The molecule has 2 aromatic carbocycles. The van der Waals surface area contributed by atoms with E-state index in [1.165, 1.54) is 0 Å². The molecule has 5 heteroatoms. The molecular weight excluding hydrogens is 338 g/mol. The SMILES string of the molecule is O=C1CCCC2=C1[C@@H](c1cccc(Cl)c1)c1cc3c(cc1N2)OCO3. The molecule has 5 rings (SSSR count). The third-order valence-electron chi connectivity index (χ3n) is 5.07. The van der Waals surface area contributed by atoms with E-state index in [2.05, 4.69) is 5.32 Å². The molecule has 0 radical (unpaired) electrons. The van der Waals surface area contributed by atoms with E-state index < -0.39 is 0 Å². The summed E-state index contributed by atoms with van der Waals surface area (Å²) < 4.78 is 11.1. The smallest absolute Gasteiger partial charge is 0.231 e. The van der Waals surface area contributed by atoms with Gasteiger partial charge in [-0.3, -0.25) is 4.79 Å². The Balaban J connectivity index is 1.75. The maximum atomic E-state index is 12.8. The van der Waals surface area contributed by atoms with Crippen molar-refractivity contribution in [1.82, 2.24) is 0 Å². The highest BCUT2D eigenvalue weighted by atomic mass is 35.5. The Hall–Kier alpha value is -2.46. The van der Waals surface area contributed by atoms with Crippen molar-refractivity contribution >= 4 is 23.1 Å². The fraction of sp³-hybridized carbons (Fsp3) is 0.250. The second kappa shape index (κ2) is 5.53. The van der Waals surface area contributed by atoms with Crippen LogP contribution in [0.5, 0.6) is 11.5 Å². The van der Waals surface area contributed by atoms with Crippen LogP contribution in [0.3, 0.4) is 0 Å². The maximum Gasteiger partial charge on any atom is 0.231 e. The van der Waals surface area contributed by atoms with Crippen LogP contribution >= 0.6 is 11.6 Å². The molecule has 0 unspecified atom stereocenters. The molecule has 0 saturated carbocycles. The summed E-state index contributed by atoms with van der Waals surface area (Å²) in [5, 5.41) is 4.13. The molecule has 0 spiro atoms. The van der Waals surface area contributed by atoms with Gasteiger partial charge >= 0.3 is 0 Å². The van der Waals surface area contributed by atoms with Crippen LogP contribution in [-0.4, -0.2) is 12.6 Å². The van der Waals surface area contributed by atoms with Gasteiger partial charge in [0.05, 0.1) is 0 Å². The van der Waals surface area contributed by atoms with E-state index in [0.717, 1.165) is 52.4 Å². The van der Waals surface area contributed by atoms with Gasteiger partial charge in [-0.1, -0.05) is 23.7 Å². The molecule has 0 bridgehead atoms. The summed E-state index contributed by atoms with van der Waals surface area (Å²) in [6.45, 7) is 0.228. The van der Waals surface area contributed by atoms with Crippen molar-refractivity contribution in [2.45, 2.75) is 25.2 Å². The first-order chi connectivity index (χ1) is 12.2. The lowest BCUT2D eigenvalue weighted by molar-refractivity contribution is -0.116. The van der Waals surface area contributed by atoms with Crippen LogP contribution in [0.2, 0.25) is 5.02 Å². The van der Waals surface area contributed by atoms with Crippen LogP contribution in [0, 0.1) is 0 Å². The molecule has 1 N–H and O–H groups in total. The molecule has 2 aliphatic heterocycles. The fourth-order valence-electron chi connectivity index (χ4n) is 3.98. The van der Waals surface area contributed by atoms with Crippen molar-refractivity contribution in [3.8, 4) is 11.5 Å². The molecule has 4 nitrogen and oxygen atoms in total. The monoisotopic (exact) mass is 353 g/mol. The zero-order valence-corrected chi connectivity index (χ0v) is 14.2. The molecule has 0 amide bonds. The van der Waals surface area contributed by atoms with Crippen LogP contribution in [0.25, 0.3) is 0 Å². The second-order valence-corrected chi connectivity index (χ2v) is 7.01. The number of halogens is 1. The Morgan fingerprint density at radius 1 is 1.08 bits per heavy atom. The zero-order chi connectivity index (χ0) is 17.0. The van der Waals surface area contributed by atoms with Crippen molar-refractivity contribution in [3.63, 3.8) is 0 Å². The van der Waals surface area contributed by atoms with Crippen molar-refractivity contribution < 1.29 is 14.3 Å². The molecule has 0 aromatic heterocycles. The quantitative estimate of drug-likeness (QED) is 0.811. The average molecular weight is 354 g/mol. The molecule has 2 heterocycles. The first-order valence-electron chi connectivity index (χ1n) is 8.43. The first kappa shape index (κ1) is 14.8. The van der Waals surface area contributed by atoms with E-state index in [1.807, 2.05) is 36.4 Å². The summed E-state index contributed by atoms with van der Waals surface area (Å²) in [5.74, 6) is 1.54. The molecule has 0 fully saturated rings. The van der Waals surface area contributed by atoms with E-state index in [0.29, 0.717) is 11.4 Å². The van der Waals surface area contributed by atoms with E-state index in [4.69, 9.17) is 21.1 Å². The second-order valence-electron chi connectivity index (χ2n) is 6.57. The minimum Gasteiger partial charge on any atom is -0.454 e. The van der Waals surface area contributed by atoms with Crippen LogP contribution < -0.4 is 14.8 Å². The first-order valence-corrected chi connectivity index (χ1v) is 8.81. The Labute approximate surface area is 150 Å². The number of hydrogen-bond donors (Lipinski definition) is 1. The molecular formula is C20H16ClNO3. The fourth-order valence-corrected chi connectivity index (χ4v) is 4.18. The molecule has 1 atom stereocenters. The number of nitrogens with one attached hydrogen (secondary N) is 1. The van der Waals surface area contributed by atoms with Crippen LogP contribution in [0.1, 0.15) is 36.3 Å². The normalized spacial score (nSPS) is 20.8. The topological polar surface area (TPSA) is 47.6 Å². The summed E-state index contributed by atoms with van der Waals surface area (Å²) in [7, 11) is 0. The third-order valence-corrected chi connectivity index (χ3v) is 5.30. The number of hydrogen-bond acceptors (Lipinski definition) is 4. The minimum absolute atomic E-state index is 0.132. The van der Waals surface area contributed by atoms with Crippen molar-refractivity contribution in [1.29, 1.82) is 0 Å². The number of ketones is 1. The number of allylic oxidation sites excluding steroid dienone is 2. The van der Waals surface area contributed by atoms with Crippen molar-refractivity contribution in [2.75, 3.05) is 12.1 Å². The highest BCUT2D eigenvalue weighted by Crippen LogP contribution is 2.49. The van der Waals surface area contributed by atoms with Gasteiger partial charge in [0.15, 0.2) is 17.3 Å². The number of benzene rings is 2. The summed E-state index contributed by atoms with van der Waals surface area (Å²) in [4.78, 5) is 12.8. The average Bonchev–Trinajstić information content (AvgIpc) is 3.05. The van der Waals surface area contributed by atoms with E-state index in [1.54, 1.807) is 0 Å². The third kappa shape index (κ3) is 2.32. The lowest BCUT2D eigenvalue weighted by Crippen LogP contribution is -2.26. The molecule has 126 valence electrons. The molecule has 2 aromatic rings. The molecule has 0 saturated heterocycles. The molecule has 1 aliphatic carbocycles. The standard InChI is InChI=1S/C20H16ClNO3/c21-12-4-1-3-11(7-12)19-13-8-17-18(25-10-24-17)9-15(13)22-14-5-2-6-16(23)20(14)19/h1,3-4,7-9,19,22H,2,5-6,10H2/t19-/m0/s1. The van der Waals surface area contributed by atoms with Gasteiger partial charge in [-0.05, 0) is 42.2 Å². The Kier molecular flexibility index (Phi) is 3.28. The van der Waals surface area contributed by atoms with Crippen LogP contribution in [0.15, 0.2) is 47.7 Å². The number of fused-ring (bicyclic) bond motifs is 2. The van der Waals surface area contributed by atoms with Crippen LogP contribution in [-0.2, 0) is 4.79 Å². The summed E-state index contributed by atoms with van der Waals surface area (Å²) in [6.07, 6.45) is 2.36. The number of carbonyl (C=O) groups is 1. The van der Waals surface area contributed by atoms with Crippen molar-refractivity contribution in [2.24, 2.45) is 0 Å². The van der Waals surface area contributed by atoms with Gasteiger partial charge < -0.3 is 14.8 Å². The van der Waals surface area contributed by atoms with Gasteiger partial charge in [0, 0.05) is 40.4 Å². The summed E-state index contributed by atoms with van der Waals surface area (Å²) in [6, 6.07) is 11.7. The van der Waals surface area contributed by atoms with E-state index in [-0.39, 0.29) is 18.5 Å². The highest BCUT2D eigenvalue weighted by molar-refractivity contribution is 6.30. The number of ether oxygens (including phenoxy) is 2.